The average molecular weight is 298 g/mol. The van der Waals surface area contributed by atoms with Crippen LogP contribution in [0.3, 0.4) is 0 Å². The number of nitrogens with zero attached hydrogens (tertiary/aromatic N) is 1. The van der Waals surface area contributed by atoms with E-state index in [1.165, 1.54) is 17.2 Å². The summed E-state index contributed by atoms with van der Waals surface area (Å²) in [4.78, 5) is 12.5. The zero-order chi connectivity index (χ0) is 14.8. The maximum Gasteiger partial charge on any atom is 0.306 e. The van der Waals surface area contributed by atoms with Gasteiger partial charge in [-0.05, 0) is 17.7 Å². The summed E-state index contributed by atoms with van der Waals surface area (Å²) in [5.41, 5.74) is -0.678. The molecule has 0 bridgehead atoms. The van der Waals surface area contributed by atoms with Crippen molar-refractivity contribution in [2.75, 3.05) is 7.11 Å². The Balaban J connectivity index is 2.20. The van der Waals surface area contributed by atoms with Crippen LogP contribution in [-0.2, 0) is 21.5 Å². The molecule has 2 N–H and O–H groups in total. The molecular formula is C12H14N2O5S. The molecule has 7 nitrogen and oxygen atoms in total. The van der Waals surface area contributed by atoms with Crippen LogP contribution in [0, 0.1) is 0 Å². The average Bonchev–Trinajstić information content (AvgIpc) is 2.40. The highest BCUT2D eigenvalue weighted by Gasteiger charge is 2.32. The molecule has 1 aromatic carbocycles. The van der Waals surface area contributed by atoms with Gasteiger partial charge in [0.2, 0.25) is 11.4 Å². The number of ether oxygens (including phenoxy) is 1. The molecule has 108 valence electrons. The lowest BCUT2D eigenvalue weighted by atomic mass is 10.2. The summed E-state index contributed by atoms with van der Waals surface area (Å²) in [6.07, 6.45) is 2.53. The molecule has 1 heterocycles. The first-order valence-electron chi connectivity index (χ1n) is 5.74. The summed E-state index contributed by atoms with van der Waals surface area (Å²) in [7, 11) is -2.87. The van der Waals surface area contributed by atoms with E-state index in [0.717, 1.165) is 5.56 Å². The van der Waals surface area contributed by atoms with Crippen molar-refractivity contribution in [2.24, 2.45) is 0 Å². The highest BCUT2D eigenvalue weighted by molar-refractivity contribution is 7.86. The van der Waals surface area contributed by atoms with Gasteiger partial charge in [0.05, 0.1) is 7.11 Å². The minimum absolute atomic E-state index is 0.214. The van der Waals surface area contributed by atoms with Crippen molar-refractivity contribution in [1.82, 2.24) is 10.2 Å². The third kappa shape index (κ3) is 3.28. The number of amides is 1. The lowest BCUT2D eigenvalue weighted by Gasteiger charge is -2.31. The molecule has 0 fully saturated rings. The van der Waals surface area contributed by atoms with Crippen LogP contribution in [0.2, 0.25) is 0 Å². The van der Waals surface area contributed by atoms with Gasteiger partial charge in [0.1, 0.15) is 5.75 Å². The highest BCUT2D eigenvalue weighted by atomic mass is 32.2. The first-order valence-corrected chi connectivity index (χ1v) is 7.24. The summed E-state index contributed by atoms with van der Waals surface area (Å²) in [6, 6.07) is 7.02. The minimum atomic E-state index is -4.42. The van der Waals surface area contributed by atoms with Crippen molar-refractivity contribution in [3.05, 3.63) is 42.1 Å². The van der Waals surface area contributed by atoms with E-state index < -0.39 is 21.5 Å². The Kier molecular flexibility index (Phi) is 3.96. The maximum atomic E-state index is 11.3. The van der Waals surface area contributed by atoms with Crippen LogP contribution in [0.25, 0.3) is 0 Å². The van der Waals surface area contributed by atoms with Gasteiger partial charge in [-0.2, -0.15) is 8.42 Å². The summed E-state index contributed by atoms with van der Waals surface area (Å²) < 4.78 is 36.7. The molecule has 0 spiro atoms. The van der Waals surface area contributed by atoms with Gasteiger partial charge in [0.25, 0.3) is 0 Å². The van der Waals surface area contributed by atoms with Crippen molar-refractivity contribution in [3.63, 3.8) is 0 Å². The first-order chi connectivity index (χ1) is 9.40. The van der Waals surface area contributed by atoms with Crippen molar-refractivity contribution in [2.45, 2.75) is 12.0 Å². The molecule has 8 heteroatoms. The predicted molar refractivity (Wildman–Crippen MR) is 71.2 cm³/mol. The van der Waals surface area contributed by atoms with Crippen molar-refractivity contribution in [1.29, 1.82) is 0 Å². The van der Waals surface area contributed by atoms with Gasteiger partial charge < -0.3 is 15.0 Å². The van der Waals surface area contributed by atoms with Crippen molar-refractivity contribution >= 4 is 16.0 Å². The summed E-state index contributed by atoms with van der Waals surface area (Å²) in [5, 5.41) is 2.19. The molecule has 0 aliphatic carbocycles. The molecule has 1 aliphatic rings. The summed E-state index contributed by atoms with van der Waals surface area (Å²) in [5.74, 6) is 0.112. The van der Waals surface area contributed by atoms with Crippen molar-refractivity contribution < 1.29 is 22.5 Å². The van der Waals surface area contributed by atoms with E-state index in [-0.39, 0.29) is 6.54 Å². The smallest absolute Gasteiger partial charge is 0.306 e. The molecule has 20 heavy (non-hydrogen) atoms. The number of nitrogens with one attached hydrogen (secondary N) is 1. The van der Waals surface area contributed by atoms with Crippen LogP contribution in [0.1, 0.15) is 5.56 Å². The van der Waals surface area contributed by atoms with Crippen molar-refractivity contribution in [3.8, 4) is 5.75 Å². The van der Waals surface area contributed by atoms with E-state index in [4.69, 9.17) is 9.29 Å². The second-order valence-corrected chi connectivity index (χ2v) is 5.69. The Bertz CT molecular complexity index is 624. The van der Waals surface area contributed by atoms with Crippen LogP contribution < -0.4 is 10.1 Å². The molecule has 0 saturated carbocycles. The molecule has 0 saturated heterocycles. The Hall–Kier alpha value is -2.06. The fraction of sp³-hybridized carbons (Fsp3) is 0.250. The number of hydrogen-bond donors (Lipinski definition) is 2. The fourth-order valence-electron chi connectivity index (χ4n) is 1.82. The topological polar surface area (TPSA) is 95.9 Å². The monoisotopic (exact) mass is 298 g/mol. The number of hydrogen-bond acceptors (Lipinski definition) is 5. The van der Waals surface area contributed by atoms with Gasteiger partial charge in [0.15, 0.2) is 0 Å². The molecule has 0 radical (unpaired) electrons. The summed E-state index contributed by atoms with van der Waals surface area (Å²) >= 11 is 0. The molecule has 0 aromatic heterocycles. The second-order valence-electron chi connectivity index (χ2n) is 4.21. The number of methoxy groups -OCH3 is 1. The first kappa shape index (κ1) is 14.4. The summed E-state index contributed by atoms with van der Waals surface area (Å²) in [6.45, 7) is 0.214. The quantitative estimate of drug-likeness (QED) is 0.777. The molecular weight excluding hydrogens is 284 g/mol. The van der Waals surface area contributed by atoms with Crippen LogP contribution in [0.15, 0.2) is 36.5 Å². The second kappa shape index (κ2) is 5.51. The van der Waals surface area contributed by atoms with E-state index in [1.54, 1.807) is 31.4 Å². The predicted octanol–water partition coefficient (Wildman–Crippen LogP) is 0.312. The normalized spacial score (nSPS) is 18.8. The third-order valence-corrected chi connectivity index (χ3v) is 3.74. The lowest BCUT2D eigenvalue weighted by molar-refractivity contribution is -0.118. The molecule has 1 atom stereocenters. The largest absolute Gasteiger partial charge is 0.497 e. The Morgan fingerprint density at radius 1 is 1.35 bits per heavy atom. The van der Waals surface area contributed by atoms with Crippen LogP contribution in [0.5, 0.6) is 5.75 Å². The zero-order valence-electron chi connectivity index (χ0n) is 10.7. The number of rotatable bonds is 4. The van der Waals surface area contributed by atoms with Gasteiger partial charge in [-0.25, -0.2) is 0 Å². The van der Waals surface area contributed by atoms with Crippen LogP contribution >= 0.6 is 0 Å². The standard InChI is InChI=1S/C12H14N2O5S/c1-19-10-4-2-9(3-5-10)8-14-7-6-11(15)13-12(14)20(16,17)18/h2-7,12H,8H2,1H3,(H,13,15)(H,16,17,18). The van der Waals surface area contributed by atoms with Gasteiger partial charge in [-0.1, -0.05) is 12.1 Å². The molecule has 1 amide bonds. The Morgan fingerprint density at radius 2 is 2.00 bits per heavy atom. The number of carbonyl (C=O) groups is 1. The molecule has 2 rings (SSSR count). The van der Waals surface area contributed by atoms with E-state index in [1.807, 2.05) is 0 Å². The van der Waals surface area contributed by atoms with Crippen LogP contribution in [0.4, 0.5) is 0 Å². The van der Waals surface area contributed by atoms with Gasteiger partial charge in [0, 0.05) is 18.8 Å². The Morgan fingerprint density at radius 3 is 2.55 bits per heavy atom. The third-order valence-electron chi connectivity index (χ3n) is 2.79. The zero-order valence-corrected chi connectivity index (χ0v) is 11.5. The van der Waals surface area contributed by atoms with Gasteiger partial charge >= 0.3 is 10.1 Å². The number of carbonyl (C=O) groups excluding carboxylic acids is 1. The van der Waals surface area contributed by atoms with E-state index in [2.05, 4.69) is 5.32 Å². The van der Waals surface area contributed by atoms with E-state index in [9.17, 15) is 13.2 Å². The SMILES string of the molecule is COc1ccc(CN2C=CC(=O)NC2S(=O)(=O)O)cc1. The fourth-order valence-corrected chi connectivity index (χ4v) is 2.57. The molecule has 1 aliphatic heterocycles. The lowest BCUT2D eigenvalue weighted by Crippen LogP contribution is -2.52. The minimum Gasteiger partial charge on any atom is -0.497 e. The highest BCUT2D eigenvalue weighted by Crippen LogP contribution is 2.17. The number of benzene rings is 1. The van der Waals surface area contributed by atoms with Gasteiger partial charge in [-0.15, -0.1) is 0 Å². The van der Waals surface area contributed by atoms with E-state index >= 15 is 0 Å². The van der Waals surface area contributed by atoms with Crippen LogP contribution in [-0.4, -0.2) is 36.4 Å². The molecule has 1 unspecified atom stereocenters. The maximum absolute atomic E-state index is 11.3. The van der Waals surface area contributed by atoms with E-state index in [0.29, 0.717) is 5.75 Å². The molecule has 1 aromatic rings. The Labute approximate surface area is 116 Å². The van der Waals surface area contributed by atoms with Gasteiger partial charge in [-0.3, -0.25) is 9.35 Å².